The number of nitrogens with zero attached hydrogens (tertiary/aromatic N) is 4. The third-order valence-electron chi connectivity index (χ3n) is 4.73. The van der Waals surface area contributed by atoms with Gasteiger partial charge in [-0.3, -0.25) is 0 Å². The Morgan fingerprint density at radius 3 is 2.47 bits per heavy atom. The fourth-order valence-electron chi connectivity index (χ4n) is 3.23. The van der Waals surface area contributed by atoms with Crippen LogP contribution < -0.4 is 15.0 Å². The van der Waals surface area contributed by atoms with Gasteiger partial charge in [-0.05, 0) is 24.6 Å². The lowest BCUT2D eigenvalue weighted by Crippen LogP contribution is -2.52. The molecule has 0 saturated carbocycles. The molecule has 0 amide bonds. The summed E-state index contributed by atoms with van der Waals surface area (Å²) >= 11 is 0. The number of phenolic OH excluding ortho intramolecular Hbond substituents is 1. The van der Waals surface area contributed by atoms with Gasteiger partial charge in [0, 0.05) is 45.0 Å². The number of rotatable bonds is 6. The number of alkyl halides is 3. The molecule has 11 heteroatoms. The van der Waals surface area contributed by atoms with E-state index in [0.717, 1.165) is 43.4 Å². The Kier molecular flexibility index (Phi) is 9.66. The van der Waals surface area contributed by atoms with Crippen LogP contribution in [-0.2, 0) is 6.54 Å². The molecule has 2 N–H and O–H groups in total. The van der Waals surface area contributed by atoms with Crippen molar-refractivity contribution < 1.29 is 23.0 Å². The van der Waals surface area contributed by atoms with Crippen LogP contribution in [0.1, 0.15) is 12.5 Å². The van der Waals surface area contributed by atoms with E-state index in [1.807, 2.05) is 19.1 Å². The third-order valence-corrected chi connectivity index (χ3v) is 4.73. The number of aromatic nitrogens is 1. The van der Waals surface area contributed by atoms with Gasteiger partial charge < -0.3 is 25.0 Å². The minimum absolute atomic E-state index is 0. The molecule has 1 aliphatic rings. The van der Waals surface area contributed by atoms with Crippen molar-refractivity contribution in [2.45, 2.75) is 19.6 Å². The molecule has 7 nitrogen and oxygen atoms in total. The fourth-order valence-corrected chi connectivity index (χ4v) is 3.23. The van der Waals surface area contributed by atoms with Crippen molar-refractivity contribution in [3.05, 3.63) is 48.2 Å². The number of hydrogen-bond acceptors (Lipinski definition) is 5. The minimum atomic E-state index is -4.39. The van der Waals surface area contributed by atoms with Gasteiger partial charge in [0.25, 0.3) is 0 Å². The van der Waals surface area contributed by atoms with E-state index >= 15 is 0 Å². The summed E-state index contributed by atoms with van der Waals surface area (Å²) in [6.45, 7) is 4.64. The number of phenols is 1. The Hall–Kier alpha value is -2.44. The van der Waals surface area contributed by atoms with Crippen LogP contribution >= 0.6 is 24.0 Å². The van der Waals surface area contributed by atoms with E-state index in [-0.39, 0.29) is 35.6 Å². The minimum Gasteiger partial charge on any atom is -0.506 e. The predicted molar refractivity (Wildman–Crippen MR) is 128 cm³/mol. The molecule has 0 bridgehead atoms. The summed E-state index contributed by atoms with van der Waals surface area (Å²) in [7, 11) is 0. The Morgan fingerprint density at radius 2 is 1.88 bits per heavy atom. The smallest absolute Gasteiger partial charge is 0.422 e. The number of aromatic hydroxyl groups is 1. The molecule has 0 unspecified atom stereocenters. The van der Waals surface area contributed by atoms with Crippen LogP contribution in [0.2, 0.25) is 0 Å². The molecule has 1 aromatic carbocycles. The number of guanidine groups is 1. The summed E-state index contributed by atoms with van der Waals surface area (Å²) in [5, 5.41) is 13.3. The molecule has 1 aliphatic heterocycles. The van der Waals surface area contributed by atoms with E-state index in [0.29, 0.717) is 13.1 Å². The Balaban J connectivity index is 0.00000363. The Labute approximate surface area is 202 Å². The second-order valence-electron chi connectivity index (χ2n) is 7.04. The maximum Gasteiger partial charge on any atom is 0.422 e. The number of halogens is 4. The van der Waals surface area contributed by atoms with Gasteiger partial charge in [0.1, 0.15) is 5.75 Å². The van der Waals surface area contributed by atoms with Crippen LogP contribution in [0, 0.1) is 0 Å². The van der Waals surface area contributed by atoms with E-state index in [9.17, 15) is 18.3 Å². The van der Waals surface area contributed by atoms with Crippen molar-refractivity contribution in [1.82, 2.24) is 15.2 Å². The molecule has 1 fully saturated rings. The van der Waals surface area contributed by atoms with Gasteiger partial charge in [-0.2, -0.15) is 13.2 Å². The molecule has 1 aromatic heterocycles. The topological polar surface area (TPSA) is 73.2 Å². The van der Waals surface area contributed by atoms with Gasteiger partial charge in [-0.25, -0.2) is 9.98 Å². The number of hydrogen-bond donors (Lipinski definition) is 2. The van der Waals surface area contributed by atoms with E-state index in [4.69, 9.17) is 0 Å². The van der Waals surface area contributed by atoms with E-state index < -0.39 is 12.8 Å². The standard InChI is InChI=1S/C21H26F3N5O2.HI/c1-2-25-20(27-14-16-7-8-19(26-13-16)31-15-21(22,23)24)29-11-9-28(10-12-29)17-5-3-4-6-18(17)30;/h3-8,13,30H,2,9-12,14-15H2,1H3,(H,25,27);1H. The number of benzene rings is 1. The van der Waals surface area contributed by atoms with Crippen LogP contribution in [0.25, 0.3) is 0 Å². The summed E-state index contributed by atoms with van der Waals surface area (Å²) in [5.41, 5.74) is 1.59. The molecule has 3 rings (SSSR count). The number of para-hydroxylation sites is 2. The number of piperazine rings is 1. The van der Waals surface area contributed by atoms with Crippen molar-refractivity contribution in [1.29, 1.82) is 0 Å². The summed E-state index contributed by atoms with van der Waals surface area (Å²) in [4.78, 5) is 12.8. The summed E-state index contributed by atoms with van der Waals surface area (Å²) in [5.74, 6) is 0.959. The second-order valence-corrected chi connectivity index (χ2v) is 7.04. The Bertz CT molecular complexity index is 872. The third kappa shape index (κ3) is 7.61. The summed E-state index contributed by atoms with van der Waals surface area (Å²) in [6.07, 6.45) is -2.93. The normalized spacial score (nSPS) is 14.7. The van der Waals surface area contributed by atoms with Crippen molar-refractivity contribution in [3.63, 3.8) is 0 Å². The molecule has 2 heterocycles. The van der Waals surface area contributed by atoms with Gasteiger partial charge >= 0.3 is 6.18 Å². The van der Waals surface area contributed by atoms with Crippen LogP contribution in [0.4, 0.5) is 18.9 Å². The van der Waals surface area contributed by atoms with Crippen LogP contribution in [0.3, 0.4) is 0 Å². The first-order chi connectivity index (χ1) is 14.9. The summed E-state index contributed by atoms with van der Waals surface area (Å²) in [6, 6.07) is 10.4. The average molecular weight is 565 g/mol. The molecule has 0 atom stereocenters. The van der Waals surface area contributed by atoms with Crippen LogP contribution in [0.15, 0.2) is 47.6 Å². The Morgan fingerprint density at radius 1 is 1.16 bits per heavy atom. The number of pyridine rings is 1. The predicted octanol–water partition coefficient (Wildman–Crippen LogP) is 3.63. The highest BCUT2D eigenvalue weighted by molar-refractivity contribution is 14.0. The lowest BCUT2D eigenvalue weighted by molar-refractivity contribution is -0.154. The largest absolute Gasteiger partial charge is 0.506 e. The van der Waals surface area contributed by atoms with Gasteiger partial charge in [0.05, 0.1) is 12.2 Å². The molecule has 0 radical (unpaired) electrons. The number of aliphatic imine (C=N–C) groups is 1. The lowest BCUT2D eigenvalue weighted by Gasteiger charge is -2.37. The highest BCUT2D eigenvalue weighted by atomic mass is 127. The number of nitrogens with one attached hydrogen (secondary N) is 1. The van der Waals surface area contributed by atoms with Crippen molar-refractivity contribution in [2.75, 3.05) is 44.2 Å². The first-order valence-electron chi connectivity index (χ1n) is 10.1. The fraction of sp³-hybridized carbons (Fsp3) is 0.429. The number of ether oxygens (including phenoxy) is 1. The highest BCUT2D eigenvalue weighted by Gasteiger charge is 2.28. The maximum absolute atomic E-state index is 12.2. The van der Waals surface area contributed by atoms with Gasteiger partial charge in [0.15, 0.2) is 12.6 Å². The molecule has 0 aliphatic carbocycles. The number of anilines is 1. The molecule has 32 heavy (non-hydrogen) atoms. The highest BCUT2D eigenvalue weighted by Crippen LogP contribution is 2.27. The first-order valence-corrected chi connectivity index (χ1v) is 10.1. The molecule has 1 saturated heterocycles. The quantitative estimate of drug-likeness (QED) is 0.317. The summed E-state index contributed by atoms with van der Waals surface area (Å²) < 4.78 is 41.3. The van der Waals surface area contributed by atoms with Gasteiger partial charge in [0.2, 0.25) is 5.88 Å². The zero-order chi connectivity index (χ0) is 22.3. The van der Waals surface area contributed by atoms with Crippen molar-refractivity contribution in [3.8, 4) is 11.6 Å². The monoisotopic (exact) mass is 565 g/mol. The van der Waals surface area contributed by atoms with E-state index in [1.54, 1.807) is 18.2 Å². The maximum atomic E-state index is 12.2. The zero-order valence-electron chi connectivity index (χ0n) is 17.7. The molecular weight excluding hydrogens is 538 g/mol. The van der Waals surface area contributed by atoms with Gasteiger partial charge in [-0.15, -0.1) is 24.0 Å². The molecule has 0 spiro atoms. The van der Waals surface area contributed by atoms with Crippen molar-refractivity contribution >= 4 is 35.6 Å². The van der Waals surface area contributed by atoms with E-state index in [1.165, 1.54) is 12.3 Å². The molecule has 2 aromatic rings. The van der Waals surface area contributed by atoms with Crippen LogP contribution in [0.5, 0.6) is 11.6 Å². The van der Waals surface area contributed by atoms with Crippen molar-refractivity contribution in [2.24, 2.45) is 4.99 Å². The average Bonchev–Trinajstić information content (AvgIpc) is 2.76. The lowest BCUT2D eigenvalue weighted by atomic mass is 10.2. The SMILES string of the molecule is CCNC(=NCc1ccc(OCC(F)(F)F)nc1)N1CCN(c2ccccc2O)CC1.I. The molecule has 176 valence electrons. The second kappa shape index (κ2) is 12.0. The first kappa shape index (κ1) is 25.8. The molecular formula is C21H27F3IN5O2. The van der Waals surface area contributed by atoms with Crippen LogP contribution in [-0.4, -0.2) is 66.5 Å². The van der Waals surface area contributed by atoms with E-state index in [2.05, 4.69) is 29.8 Å². The zero-order valence-corrected chi connectivity index (χ0v) is 20.0. The van der Waals surface area contributed by atoms with Gasteiger partial charge in [-0.1, -0.05) is 18.2 Å².